The Morgan fingerprint density at radius 1 is 0.893 bits per heavy atom. The van der Waals surface area contributed by atoms with Crippen LogP contribution in [-0.4, -0.2) is 61.9 Å². The first-order valence-electron chi connectivity index (χ1n) is 11.1. The summed E-state index contributed by atoms with van der Waals surface area (Å²) in [5.74, 6) is -0.827. The molecule has 0 aromatic heterocycles. The van der Waals surface area contributed by atoms with Crippen molar-refractivity contribution in [2.75, 3.05) is 26.4 Å². The van der Waals surface area contributed by atoms with Gasteiger partial charge in [-0.05, 0) is 26.2 Å². The van der Waals surface area contributed by atoms with Crippen molar-refractivity contribution < 1.29 is 28.8 Å². The highest BCUT2D eigenvalue weighted by atomic mass is 16.6. The van der Waals surface area contributed by atoms with Gasteiger partial charge in [-0.15, -0.1) is 0 Å². The van der Waals surface area contributed by atoms with Crippen LogP contribution in [0.1, 0.15) is 73.1 Å². The van der Waals surface area contributed by atoms with Gasteiger partial charge in [0.1, 0.15) is 6.10 Å². The highest BCUT2D eigenvalue weighted by molar-refractivity contribution is 5.66. The molecule has 1 N–H and O–H groups in total. The summed E-state index contributed by atoms with van der Waals surface area (Å²) in [5, 5.41) is 10.5. The van der Waals surface area contributed by atoms with E-state index in [1.165, 1.54) is 6.92 Å². The van der Waals surface area contributed by atoms with E-state index in [0.717, 1.165) is 38.5 Å². The van der Waals surface area contributed by atoms with Crippen LogP contribution in [0.15, 0.2) is 0 Å². The Hall–Kier alpha value is -0.690. The summed E-state index contributed by atoms with van der Waals surface area (Å²) in [5.41, 5.74) is 0. The van der Waals surface area contributed by atoms with Crippen LogP contribution in [0, 0.1) is 11.8 Å². The van der Waals surface area contributed by atoms with Gasteiger partial charge in [-0.3, -0.25) is 4.79 Å². The average molecular weight is 403 g/mol. The van der Waals surface area contributed by atoms with E-state index in [9.17, 15) is 9.90 Å². The third-order valence-electron chi connectivity index (χ3n) is 5.35. The first-order chi connectivity index (χ1) is 13.5. The zero-order valence-corrected chi connectivity index (χ0v) is 18.5. The van der Waals surface area contributed by atoms with Crippen LogP contribution >= 0.6 is 0 Å². The number of hydrogen-bond acceptors (Lipinski definition) is 6. The van der Waals surface area contributed by atoms with E-state index in [-0.39, 0.29) is 30.0 Å². The monoisotopic (exact) mass is 402 g/mol. The lowest BCUT2D eigenvalue weighted by Crippen LogP contribution is -2.39. The highest BCUT2D eigenvalue weighted by Crippen LogP contribution is 2.41. The highest BCUT2D eigenvalue weighted by Gasteiger charge is 2.55. The summed E-state index contributed by atoms with van der Waals surface area (Å²) < 4.78 is 24.0. The van der Waals surface area contributed by atoms with Gasteiger partial charge in [-0.2, -0.15) is 0 Å². The number of carbonyl (C=O) groups excluding carboxylic acids is 1. The Labute approximate surface area is 171 Å². The van der Waals surface area contributed by atoms with E-state index < -0.39 is 12.2 Å². The van der Waals surface area contributed by atoms with Crippen LogP contribution in [0.25, 0.3) is 0 Å². The summed E-state index contributed by atoms with van der Waals surface area (Å²) >= 11 is 0. The van der Waals surface area contributed by atoms with E-state index in [1.54, 1.807) is 6.92 Å². The molecule has 0 radical (unpaired) electrons. The topological polar surface area (TPSA) is 74.2 Å². The summed E-state index contributed by atoms with van der Waals surface area (Å²) in [6.45, 7) is 11.8. The number of hydrogen-bond donors (Lipinski definition) is 1. The first-order valence-corrected chi connectivity index (χ1v) is 11.1. The lowest BCUT2D eigenvalue weighted by Gasteiger charge is -2.28. The molecular formula is C22H42O6. The Morgan fingerprint density at radius 3 is 1.93 bits per heavy atom. The number of carbonyl (C=O) groups is 1. The Balaban J connectivity index is 3.04. The molecule has 0 bridgehead atoms. The fourth-order valence-electron chi connectivity index (χ4n) is 3.84. The zero-order valence-electron chi connectivity index (χ0n) is 18.5. The SMILES string of the molecule is CCCCOCC1C(OC(C)=O)[C@@H]([C@@H](C)O)C(OCCCC)[C@@H]1OCCCC. The fourth-order valence-corrected chi connectivity index (χ4v) is 3.84. The number of esters is 1. The minimum atomic E-state index is -0.672. The number of aliphatic hydroxyl groups is 1. The van der Waals surface area contributed by atoms with E-state index in [4.69, 9.17) is 18.9 Å². The molecule has 28 heavy (non-hydrogen) atoms. The standard InChI is InChI=1S/C22H42O6/c1-6-9-12-25-15-18-20(28-17(5)24)19(16(4)23)22(27-14-11-8-3)21(18)26-13-10-7-2/h16,18-23H,6-15H2,1-5H3/t16-,18?,19-,20?,21-,22?/m1/s1. The van der Waals surface area contributed by atoms with Crippen molar-refractivity contribution in [3.8, 4) is 0 Å². The molecule has 6 atom stereocenters. The normalized spacial score (nSPS) is 28.4. The molecule has 0 heterocycles. The molecule has 1 rings (SSSR count). The predicted octanol–water partition coefficient (Wildman–Crippen LogP) is 3.73. The molecule has 1 fully saturated rings. The maximum atomic E-state index is 11.8. The number of aliphatic hydroxyl groups excluding tert-OH is 1. The number of rotatable bonds is 15. The van der Waals surface area contributed by atoms with Gasteiger partial charge in [0, 0.05) is 32.7 Å². The van der Waals surface area contributed by atoms with E-state index >= 15 is 0 Å². The van der Waals surface area contributed by atoms with Crippen LogP contribution in [0.2, 0.25) is 0 Å². The number of unbranched alkanes of at least 4 members (excludes halogenated alkanes) is 3. The summed E-state index contributed by atoms with van der Waals surface area (Å²) in [7, 11) is 0. The van der Waals surface area contributed by atoms with Gasteiger partial charge in [0.2, 0.25) is 0 Å². The Kier molecular flexibility index (Phi) is 13.0. The second-order valence-electron chi connectivity index (χ2n) is 7.86. The molecular weight excluding hydrogens is 360 g/mol. The zero-order chi connectivity index (χ0) is 20.9. The van der Waals surface area contributed by atoms with Gasteiger partial charge in [-0.1, -0.05) is 40.0 Å². The van der Waals surface area contributed by atoms with Gasteiger partial charge in [0.15, 0.2) is 0 Å². The maximum absolute atomic E-state index is 11.8. The largest absolute Gasteiger partial charge is 0.462 e. The molecule has 0 amide bonds. The second kappa shape index (κ2) is 14.3. The Morgan fingerprint density at radius 2 is 1.43 bits per heavy atom. The van der Waals surface area contributed by atoms with Crippen LogP contribution in [0.5, 0.6) is 0 Å². The fraction of sp³-hybridized carbons (Fsp3) is 0.955. The minimum Gasteiger partial charge on any atom is -0.462 e. The van der Waals surface area contributed by atoms with Crippen molar-refractivity contribution in [3.05, 3.63) is 0 Å². The second-order valence-corrected chi connectivity index (χ2v) is 7.86. The number of ether oxygens (including phenoxy) is 4. The summed E-state index contributed by atoms with van der Waals surface area (Å²) in [6.07, 6.45) is 4.31. The first kappa shape index (κ1) is 25.3. The molecule has 0 aromatic carbocycles. The van der Waals surface area contributed by atoms with Crippen LogP contribution in [0.3, 0.4) is 0 Å². The smallest absolute Gasteiger partial charge is 0.302 e. The molecule has 0 saturated heterocycles. The van der Waals surface area contributed by atoms with Crippen molar-refractivity contribution in [3.63, 3.8) is 0 Å². The minimum absolute atomic E-state index is 0.149. The molecule has 1 aliphatic carbocycles. The molecule has 6 nitrogen and oxygen atoms in total. The molecule has 3 unspecified atom stereocenters. The van der Waals surface area contributed by atoms with Crippen molar-refractivity contribution >= 4 is 5.97 Å². The van der Waals surface area contributed by atoms with E-state index in [1.807, 2.05) is 0 Å². The molecule has 166 valence electrons. The maximum Gasteiger partial charge on any atom is 0.302 e. The van der Waals surface area contributed by atoms with Gasteiger partial charge >= 0.3 is 5.97 Å². The van der Waals surface area contributed by atoms with E-state index in [2.05, 4.69) is 20.8 Å². The van der Waals surface area contributed by atoms with Crippen molar-refractivity contribution in [1.82, 2.24) is 0 Å². The molecule has 1 saturated carbocycles. The van der Waals surface area contributed by atoms with Gasteiger partial charge < -0.3 is 24.1 Å². The lowest BCUT2D eigenvalue weighted by molar-refractivity contribution is -0.156. The van der Waals surface area contributed by atoms with E-state index in [0.29, 0.717) is 26.4 Å². The van der Waals surface area contributed by atoms with Crippen molar-refractivity contribution in [1.29, 1.82) is 0 Å². The third-order valence-corrected chi connectivity index (χ3v) is 5.35. The predicted molar refractivity (Wildman–Crippen MR) is 109 cm³/mol. The van der Waals surface area contributed by atoms with Crippen molar-refractivity contribution in [2.24, 2.45) is 11.8 Å². The molecule has 1 aliphatic rings. The van der Waals surface area contributed by atoms with Crippen LogP contribution < -0.4 is 0 Å². The van der Waals surface area contributed by atoms with Crippen LogP contribution in [-0.2, 0) is 23.7 Å². The van der Waals surface area contributed by atoms with Gasteiger partial charge in [-0.25, -0.2) is 0 Å². The Bertz CT molecular complexity index is 414. The van der Waals surface area contributed by atoms with Crippen molar-refractivity contribution in [2.45, 2.75) is 97.6 Å². The average Bonchev–Trinajstić information content (AvgIpc) is 2.91. The third kappa shape index (κ3) is 7.97. The lowest BCUT2D eigenvalue weighted by atomic mass is 9.95. The quantitative estimate of drug-likeness (QED) is 0.332. The summed E-state index contributed by atoms with van der Waals surface area (Å²) in [4.78, 5) is 11.8. The van der Waals surface area contributed by atoms with Gasteiger partial charge in [0.25, 0.3) is 0 Å². The molecule has 0 aliphatic heterocycles. The summed E-state index contributed by atoms with van der Waals surface area (Å²) in [6, 6.07) is 0. The molecule has 0 aromatic rings. The van der Waals surface area contributed by atoms with Crippen LogP contribution in [0.4, 0.5) is 0 Å². The molecule has 6 heteroatoms. The molecule has 0 spiro atoms. The van der Waals surface area contributed by atoms with Gasteiger partial charge in [0.05, 0.1) is 30.8 Å².